The topological polar surface area (TPSA) is 46.2 Å². The lowest BCUT2D eigenvalue weighted by atomic mass is 9.98. The number of aliphatic hydroxyl groups is 1. The normalized spacial score (nSPS) is 16.9. The summed E-state index contributed by atoms with van der Waals surface area (Å²) < 4.78 is 0. The van der Waals surface area contributed by atoms with E-state index >= 15 is 0 Å². The Bertz CT molecular complexity index is 93.6. The van der Waals surface area contributed by atoms with Crippen LogP contribution in [0.2, 0.25) is 0 Å². The maximum absolute atomic E-state index is 9.44. The van der Waals surface area contributed by atoms with Crippen LogP contribution in [0, 0.1) is 5.92 Å². The maximum atomic E-state index is 9.44. The molecule has 0 fully saturated rings. The molecule has 2 nitrogen and oxygen atoms in total. The van der Waals surface area contributed by atoms with E-state index in [1.807, 2.05) is 0 Å². The Kier molecular flexibility index (Phi) is 5.51. The third-order valence-electron chi connectivity index (χ3n) is 1.82. The molecule has 2 unspecified atom stereocenters. The van der Waals surface area contributed by atoms with Gasteiger partial charge in [0.1, 0.15) is 0 Å². The first-order valence-electron chi connectivity index (χ1n) is 4.51. The predicted octanol–water partition coefficient (Wildman–Crippen LogP) is 1.52. The summed E-state index contributed by atoms with van der Waals surface area (Å²) in [7, 11) is 0. The molecule has 3 N–H and O–H groups in total. The van der Waals surface area contributed by atoms with Gasteiger partial charge in [-0.2, -0.15) is 0 Å². The minimum absolute atomic E-state index is 0.0325. The van der Waals surface area contributed by atoms with Crippen molar-refractivity contribution < 1.29 is 5.11 Å². The van der Waals surface area contributed by atoms with Crippen LogP contribution in [0.3, 0.4) is 0 Å². The van der Waals surface area contributed by atoms with E-state index < -0.39 is 0 Å². The van der Waals surface area contributed by atoms with Gasteiger partial charge in [0.15, 0.2) is 0 Å². The lowest BCUT2D eigenvalue weighted by molar-refractivity contribution is 0.124. The van der Waals surface area contributed by atoms with Crippen LogP contribution in [0.25, 0.3) is 0 Å². The molecule has 0 rings (SSSR count). The summed E-state index contributed by atoms with van der Waals surface area (Å²) in [6.07, 6.45) is 2.45. The molecule has 0 spiro atoms. The van der Waals surface area contributed by atoms with Crippen molar-refractivity contribution in [2.24, 2.45) is 11.7 Å². The predicted molar refractivity (Wildman–Crippen MR) is 48.3 cm³/mol. The van der Waals surface area contributed by atoms with Crippen LogP contribution >= 0.6 is 0 Å². The molecule has 0 aliphatic rings. The zero-order valence-corrected chi connectivity index (χ0v) is 7.88. The van der Waals surface area contributed by atoms with E-state index in [4.69, 9.17) is 5.73 Å². The summed E-state index contributed by atoms with van der Waals surface area (Å²) in [5, 5.41) is 9.44. The fraction of sp³-hybridized carbons (Fsp3) is 1.00. The number of rotatable bonds is 5. The summed E-state index contributed by atoms with van der Waals surface area (Å²) in [6.45, 7) is 6.31. The van der Waals surface area contributed by atoms with Crippen molar-refractivity contribution in [2.75, 3.05) is 0 Å². The zero-order valence-electron chi connectivity index (χ0n) is 7.88. The Morgan fingerprint density at radius 3 is 2.27 bits per heavy atom. The smallest absolute Gasteiger partial charge is 0.0691 e. The molecule has 0 radical (unpaired) electrons. The molecular formula is C9H21NO. The van der Waals surface area contributed by atoms with E-state index in [0.29, 0.717) is 5.92 Å². The Morgan fingerprint density at radius 1 is 1.36 bits per heavy atom. The molecule has 0 amide bonds. The highest BCUT2D eigenvalue weighted by Gasteiger charge is 2.14. The van der Waals surface area contributed by atoms with E-state index in [1.165, 1.54) is 0 Å². The highest BCUT2D eigenvalue weighted by atomic mass is 16.3. The SMILES string of the molecule is CCCC(O)C(N)CC(C)C. The van der Waals surface area contributed by atoms with Crippen molar-refractivity contribution in [3.05, 3.63) is 0 Å². The van der Waals surface area contributed by atoms with Gasteiger partial charge in [0.05, 0.1) is 6.10 Å². The molecule has 0 aliphatic carbocycles. The summed E-state index contributed by atoms with van der Waals surface area (Å²) in [5.74, 6) is 0.580. The summed E-state index contributed by atoms with van der Waals surface area (Å²) in [6, 6.07) is -0.0325. The van der Waals surface area contributed by atoms with E-state index in [2.05, 4.69) is 20.8 Å². The number of hydrogen-bond donors (Lipinski definition) is 2. The monoisotopic (exact) mass is 159 g/mol. The molecule has 2 atom stereocenters. The van der Waals surface area contributed by atoms with Gasteiger partial charge in [-0.25, -0.2) is 0 Å². The lowest BCUT2D eigenvalue weighted by Crippen LogP contribution is -2.35. The maximum Gasteiger partial charge on any atom is 0.0691 e. The van der Waals surface area contributed by atoms with Gasteiger partial charge < -0.3 is 10.8 Å². The third-order valence-corrected chi connectivity index (χ3v) is 1.82. The van der Waals surface area contributed by atoms with E-state index in [0.717, 1.165) is 19.3 Å². The van der Waals surface area contributed by atoms with Crippen LogP contribution in [0.5, 0.6) is 0 Å². The highest BCUT2D eigenvalue weighted by Crippen LogP contribution is 2.09. The summed E-state index contributed by atoms with van der Waals surface area (Å²) in [4.78, 5) is 0. The van der Waals surface area contributed by atoms with Gasteiger partial charge in [-0.05, 0) is 18.8 Å². The lowest BCUT2D eigenvalue weighted by Gasteiger charge is -2.19. The second kappa shape index (κ2) is 5.56. The van der Waals surface area contributed by atoms with Gasteiger partial charge in [0, 0.05) is 6.04 Å². The average molecular weight is 159 g/mol. The largest absolute Gasteiger partial charge is 0.392 e. The Balaban J connectivity index is 3.54. The number of nitrogens with two attached hydrogens (primary N) is 1. The van der Waals surface area contributed by atoms with Gasteiger partial charge in [0.2, 0.25) is 0 Å². The van der Waals surface area contributed by atoms with Crippen molar-refractivity contribution >= 4 is 0 Å². The average Bonchev–Trinajstić information content (AvgIpc) is 1.86. The van der Waals surface area contributed by atoms with Crippen molar-refractivity contribution in [1.82, 2.24) is 0 Å². The van der Waals surface area contributed by atoms with E-state index in [1.54, 1.807) is 0 Å². The zero-order chi connectivity index (χ0) is 8.85. The molecular weight excluding hydrogens is 138 g/mol. The van der Waals surface area contributed by atoms with Crippen molar-refractivity contribution in [2.45, 2.75) is 52.2 Å². The molecule has 68 valence electrons. The fourth-order valence-corrected chi connectivity index (χ4v) is 1.21. The van der Waals surface area contributed by atoms with Gasteiger partial charge in [-0.3, -0.25) is 0 Å². The second-order valence-electron chi connectivity index (χ2n) is 3.65. The first-order valence-corrected chi connectivity index (χ1v) is 4.51. The van der Waals surface area contributed by atoms with Gasteiger partial charge in [-0.15, -0.1) is 0 Å². The van der Waals surface area contributed by atoms with Gasteiger partial charge >= 0.3 is 0 Å². The Labute approximate surface area is 69.8 Å². The second-order valence-corrected chi connectivity index (χ2v) is 3.65. The molecule has 0 saturated heterocycles. The molecule has 0 aliphatic heterocycles. The first kappa shape index (κ1) is 10.9. The molecule has 2 heteroatoms. The minimum Gasteiger partial charge on any atom is -0.392 e. The highest BCUT2D eigenvalue weighted by molar-refractivity contribution is 4.72. The number of aliphatic hydroxyl groups excluding tert-OH is 1. The molecule has 0 aromatic carbocycles. The summed E-state index contributed by atoms with van der Waals surface area (Å²) in [5.41, 5.74) is 5.75. The van der Waals surface area contributed by atoms with Crippen LogP contribution in [-0.2, 0) is 0 Å². The van der Waals surface area contributed by atoms with E-state index in [9.17, 15) is 5.11 Å². The summed E-state index contributed by atoms with van der Waals surface area (Å²) >= 11 is 0. The van der Waals surface area contributed by atoms with Crippen molar-refractivity contribution in [3.63, 3.8) is 0 Å². The van der Waals surface area contributed by atoms with Crippen molar-refractivity contribution in [3.8, 4) is 0 Å². The Hall–Kier alpha value is -0.0800. The third kappa shape index (κ3) is 5.22. The molecule has 0 bridgehead atoms. The standard InChI is InChI=1S/C9H21NO/c1-4-5-9(11)8(10)6-7(2)3/h7-9,11H,4-6,10H2,1-3H3. The molecule has 0 saturated carbocycles. The molecule has 0 aromatic rings. The molecule has 0 aromatic heterocycles. The van der Waals surface area contributed by atoms with Gasteiger partial charge in [-0.1, -0.05) is 27.2 Å². The van der Waals surface area contributed by atoms with Crippen LogP contribution in [0.1, 0.15) is 40.0 Å². The van der Waals surface area contributed by atoms with Gasteiger partial charge in [0.25, 0.3) is 0 Å². The molecule has 11 heavy (non-hydrogen) atoms. The minimum atomic E-state index is -0.303. The quantitative estimate of drug-likeness (QED) is 0.639. The molecule has 0 heterocycles. The number of hydrogen-bond acceptors (Lipinski definition) is 2. The van der Waals surface area contributed by atoms with Crippen LogP contribution in [0.4, 0.5) is 0 Å². The van der Waals surface area contributed by atoms with E-state index in [-0.39, 0.29) is 12.1 Å². The van der Waals surface area contributed by atoms with Crippen LogP contribution in [0.15, 0.2) is 0 Å². The van der Waals surface area contributed by atoms with Crippen LogP contribution < -0.4 is 5.73 Å². The van der Waals surface area contributed by atoms with Crippen molar-refractivity contribution in [1.29, 1.82) is 0 Å². The van der Waals surface area contributed by atoms with Crippen LogP contribution in [-0.4, -0.2) is 17.3 Å². The first-order chi connectivity index (χ1) is 5.07. The Morgan fingerprint density at radius 2 is 1.91 bits per heavy atom. The fourth-order valence-electron chi connectivity index (χ4n) is 1.21.